The van der Waals surface area contributed by atoms with Crippen molar-refractivity contribution >= 4 is 0 Å². The lowest BCUT2D eigenvalue weighted by atomic mass is 9.59. The molecule has 2 bridgehead atoms. The molecule has 1 aromatic carbocycles. The molecule has 4 nitrogen and oxygen atoms in total. The lowest BCUT2D eigenvalue weighted by Gasteiger charge is -2.56. The van der Waals surface area contributed by atoms with Gasteiger partial charge in [0.25, 0.3) is 0 Å². The van der Waals surface area contributed by atoms with Crippen LogP contribution in [0.4, 0.5) is 0 Å². The van der Waals surface area contributed by atoms with Crippen LogP contribution in [-0.2, 0) is 22.4 Å². The summed E-state index contributed by atoms with van der Waals surface area (Å²) >= 11 is 0. The first-order chi connectivity index (χ1) is 17.6. The summed E-state index contributed by atoms with van der Waals surface area (Å²) in [5.74, 6) is 0.646. The molecule has 1 unspecified atom stereocenters. The van der Waals surface area contributed by atoms with Crippen LogP contribution in [0.25, 0.3) is 0 Å². The van der Waals surface area contributed by atoms with Crippen molar-refractivity contribution in [3.05, 3.63) is 58.7 Å². The minimum atomic E-state index is -0.0359. The standard InChI is InChI=1S/C32H42N2O2/c1-30-12-10-26-20-25-6-7-27(33-16-18-35-19-17-33)21-31(25)13-14-32(26,36-31)28(30)8-9-29(30)34-15-11-23-4-2-3-5-24(23)22-34/h2-5,10,20,27-29H,6-9,11-19,21-22H2,1H3/t27-,28-,29+,30+,31-,32?/m1/s1. The van der Waals surface area contributed by atoms with Gasteiger partial charge in [0.05, 0.1) is 24.4 Å². The number of fused-ring (bicyclic) bond motifs is 2. The van der Waals surface area contributed by atoms with Crippen molar-refractivity contribution in [2.75, 3.05) is 32.8 Å². The van der Waals surface area contributed by atoms with Gasteiger partial charge in [-0.3, -0.25) is 9.80 Å². The number of hydrogen-bond acceptors (Lipinski definition) is 4. The molecule has 4 fully saturated rings. The van der Waals surface area contributed by atoms with Gasteiger partial charge in [-0.25, -0.2) is 0 Å². The maximum absolute atomic E-state index is 7.56. The van der Waals surface area contributed by atoms with Crippen molar-refractivity contribution in [2.45, 2.75) is 94.5 Å². The number of rotatable bonds is 2. The zero-order valence-corrected chi connectivity index (χ0v) is 22.0. The summed E-state index contributed by atoms with van der Waals surface area (Å²) in [5, 5.41) is 0. The maximum atomic E-state index is 7.56. The number of hydrogen-bond donors (Lipinski definition) is 0. The SMILES string of the molecule is C[C@]12CC=C3C=C4CC[C@@H](N5CCOCC5)C[C@]45CCC3(O5)[C@@H]1CC[C@@H]2N1CCc2ccccc2C1. The number of nitrogens with zero attached hydrogens (tertiary/aromatic N) is 2. The molecule has 4 heterocycles. The Morgan fingerprint density at radius 2 is 1.78 bits per heavy atom. The molecule has 0 radical (unpaired) electrons. The second-order valence-electron chi connectivity index (χ2n) is 13.2. The highest BCUT2D eigenvalue weighted by atomic mass is 16.5. The summed E-state index contributed by atoms with van der Waals surface area (Å²) in [7, 11) is 0. The highest BCUT2D eigenvalue weighted by molar-refractivity contribution is 5.47. The summed E-state index contributed by atoms with van der Waals surface area (Å²) in [6.07, 6.45) is 16.5. The van der Waals surface area contributed by atoms with Crippen LogP contribution in [0, 0.1) is 11.3 Å². The Kier molecular flexibility index (Phi) is 5.02. The molecule has 0 amide bonds. The average Bonchev–Trinajstić information content (AvgIpc) is 3.43. The summed E-state index contributed by atoms with van der Waals surface area (Å²) in [4.78, 5) is 5.56. The second kappa shape index (κ2) is 8.02. The molecule has 192 valence electrons. The van der Waals surface area contributed by atoms with Gasteiger partial charge in [-0.15, -0.1) is 0 Å². The fraction of sp³-hybridized carbons (Fsp3) is 0.688. The highest BCUT2D eigenvalue weighted by Gasteiger charge is 2.67. The summed E-state index contributed by atoms with van der Waals surface area (Å²) in [5.41, 5.74) is 6.57. The molecule has 2 saturated carbocycles. The zero-order chi connectivity index (χ0) is 24.0. The van der Waals surface area contributed by atoms with E-state index in [-0.39, 0.29) is 11.2 Å². The summed E-state index contributed by atoms with van der Waals surface area (Å²) in [6.45, 7) is 8.95. The van der Waals surface area contributed by atoms with Crippen LogP contribution >= 0.6 is 0 Å². The molecule has 2 saturated heterocycles. The monoisotopic (exact) mass is 486 g/mol. The Labute approximate surface area is 216 Å². The molecule has 8 rings (SSSR count). The molecule has 4 heteroatoms. The van der Waals surface area contributed by atoms with Gasteiger partial charge in [0.2, 0.25) is 0 Å². The van der Waals surface area contributed by atoms with Crippen molar-refractivity contribution < 1.29 is 9.47 Å². The van der Waals surface area contributed by atoms with Crippen LogP contribution in [0.1, 0.15) is 69.4 Å². The minimum absolute atomic E-state index is 0.00103. The smallest absolute Gasteiger partial charge is 0.0975 e. The van der Waals surface area contributed by atoms with Crippen LogP contribution in [-0.4, -0.2) is 65.9 Å². The number of allylic oxidation sites excluding steroid dienone is 1. The topological polar surface area (TPSA) is 24.9 Å². The van der Waals surface area contributed by atoms with Crippen molar-refractivity contribution in [2.24, 2.45) is 11.3 Å². The largest absolute Gasteiger partial charge is 0.379 e. The molecular formula is C32H42N2O2. The Morgan fingerprint density at radius 1 is 0.917 bits per heavy atom. The van der Waals surface area contributed by atoms with Gasteiger partial charge in [0, 0.05) is 38.3 Å². The van der Waals surface area contributed by atoms with Gasteiger partial charge in [-0.05, 0) is 91.4 Å². The summed E-state index contributed by atoms with van der Waals surface area (Å²) < 4.78 is 13.2. The average molecular weight is 487 g/mol. The van der Waals surface area contributed by atoms with Crippen molar-refractivity contribution in [1.29, 1.82) is 0 Å². The molecule has 36 heavy (non-hydrogen) atoms. The van der Waals surface area contributed by atoms with E-state index >= 15 is 0 Å². The number of morpholine rings is 1. The van der Waals surface area contributed by atoms with E-state index < -0.39 is 0 Å². The first-order valence-corrected chi connectivity index (χ1v) is 14.8. The quantitative estimate of drug-likeness (QED) is 0.568. The van der Waals surface area contributed by atoms with E-state index in [4.69, 9.17) is 9.47 Å². The molecule has 4 aliphatic heterocycles. The fourth-order valence-electron chi connectivity index (χ4n) is 9.99. The number of benzene rings is 1. The van der Waals surface area contributed by atoms with E-state index in [2.05, 4.69) is 53.1 Å². The Bertz CT molecular complexity index is 1120. The predicted molar refractivity (Wildman–Crippen MR) is 142 cm³/mol. The van der Waals surface area contributed by atoms with Crippen LogP contribution < -0.4 is 0 Å². The van der Waals surface area contributed by atoms with Gasteiger partial charge >= 0.3 is 0 Å². The second-order valence-corrected chi connectivity index (χ2v) is 13.2. The van der Waals surface area contributed by atoms with Crippen molar-refractivity contribution in [3.63, 3.8) is 0 Å². The van der Waals surface area contributed by atoms with E-state index in [9.17, 15) is 0 Å². The molecule has 6 atom stereocenters. The molecule has 2 spiro atoms. The van der Waals surface area contributed by atoms with E-state index in [0.717, 1.165) is 32.8 Å². The molecule has 3 aliphatic carbocycles. The third-order valence-corrected chi connectivity index (χ3v) is 11.8. The minimum Gasteiger partial charge on any atom is -0.379 e. The number of ether oxygens (including phenoxy) is 2. The third kappa shape index (κ3) is 3.08. The molecule has 0 aromatic heterocycles. The van der Waals surface area contributed by atoms with Crippen molar-refractivity contribution in [3.8, 4) is 0 Å². The van der Waals surface area contributed by atoms with Gasteiger partial charge in [0.1, 0.15) is 0 Å². The lowest BCUT2D eigenvalue weighted by molar-refractivity contribution is -0.147. The maximum Gasteiger partial charge on any atom is 0.0975 e. The normalized spacial score (nSPS) is 44.2. The van der Waals surface area contributed by atoms with E-state index in [1.165, 1.54) is 64.3 Å². The van der Waals surface area contributed by atoms with Gasteiger partial charge in [0.15, 0.2) is 0 Å². The molecule has 7 aliphatic rings. The van der Waals surface area contributed by atoms with Crippen molar-refractivity contribution in [1.82, 2.24) is 9.80 Å². The first-order valence-electron chi connectivity index (χ1n) is 14.8. The third-order valence-electron chi connectivity index (χ3n) is 11.8. The van der Waals surface area contributed by atoms with Crippen LogP contribution in [0.15, 0.2) is 47.6 Å². The zero-order valence-electron chi connectivity index (χ0n) is 22.0. The summed E-state index contributed by atoms with van der Waals surface area (Å²) in [6, 6.07) is 10.5. The Morgan fingerprint density at radius 3 is 2.67 bits per heavy atom. The molecule has 0 N–H and O–H groups in total. The Balaban J connectivity index is 1.09. The molecule has 1 aromatic rings. The lowest BCUT2D eigenvalue weighted by Crippen LogP contribution is -2.58. The molecular weight excluding hydrogens is 444 g/mol. The van der Waals surface area contributed by atoms with E-state index in [1.807, 2.05) is 0 Å². The first kappa shape index (κ1) is 22.5. The van der Waals surface area contributed by atoms with E-state index in [0.29, 0.717) is 23.4 Å². The van der Waals surface area contributed by atoms with Gasteiger partial charge in [-0.1, -0.05) is 43.3 Å². The Hall–Kier alpha value is -1.46. The fourth-order valence-corrected chi connectivity index (χ4v) is 9.99. The predicted octanol–water partition coefficient (Wildman–Crippen LogP) is 5.27. The van der Waals surface area contributed by atoms with Gasteiger partial charge < -0.3 is 9.47 Å². The van der Waals surface area contributed by atoms with E-state index in [1.54, 1.807) is 22.3 Å². The highest BCUT2D eigenvalue weighted by Crippen LogP contribution is 2.67. The van der Waals surface area contributed by atoms with Crippen LogP contribution in [0.2, 0.25) is 0 Å². The van der Waals surface area contributed by atoms with Gasteiger partial charge in [-0.2, -0.15) is 0 Å². The van der Waals surface area contributed by atoms with Crippen LogP contribution in [0.3, 0.4) is 0 Å². The van der Waals surface area contributed by atoms with Crippen LogP contribution in [0.5, 0.6) is 0 Å².